The van der Waals surface area contributed by atoms with E-state index in [2.05, 4.69) is 23.0 Å². The molecule has 1 saturated heterocycles. The number of aldehydes is 1. The van der Waals surface area contributed by atoms with Crippen molar-refractivity contribution in [2.75, 3.05) is 30.0 Å². The van der Waals surface area contributed by atoms with E-state index in [1.165, 1.54) is 22.1 Å². The first kappa shape index (κ1) is 20.1. The number of nitrogens with one attached hydrogen (secondary N) is 1. The molecule has 1 aliphatic heterocycles. The van der Waals surface area contributed by atoms with Crippen LogP contribution in [0.5, 0.6) is 0 Å². The van der Waals surface area contributed by atoms with Gasteiger partial charge in [0.1, 0.15) is 24.3 Å². The molecule has 1 aromatic carbocycles. The van der Waals surface area contributed by atoms with Crippen LogP contribution in [0.3, 0.4) is 0 Å². The quantitative estimate of drug-likeness (QED) is 0.397. The molecule has 1 N–H and O–H groups in total. The largest absolute Gasteiger partial charge is 0.365 e. The van der Waals surface area contributed by atoms with Crippen molar-refractivity contribution in [1.82, 2.24) is 14.6 Å². The molecule has 1 fully saturated rings. The maximum atomic E-state index is 13.0. The molecule has 3 rings (SSSR count). The number of hydrogen-bond donors (Lipinski definition) is 2. The highest BCUT2D eigenvalue weighted by molar-refractivity contribution is 7.80. The molecule has 0 spiro atoms. The van der Waals surface area contributed by atoms with Gasteiger partial charge in [-0.05, 0) is 12.1 Å². The lowest BCUT2D eigenvalue weighted by Crippen LogP contribution is -2.57. The van der Waals surface area contributed by atoms with E-state index < -0.39 is 24.4 Å². The lowest BCUT2D eigenvalue weighted by Gasteiger charge is -2.39. The van der Waals surface area contributed by atoms with Gasteiger partial charge in [0.05, 0.1) is 6.61 Å². The van der Waals surface area contributed by atoms with Crippen LogP contribution in [0.25, 0.3) is 0 Å². The Bertz CT molecular complexity index is 802. The first-order valence-electron chi connectivity index (χ1n) is 8.72. The molecule has 0 saturated carbocycles. The molecular formula is C18H21N5O4S. The Morgan fingerprint density at radius 3 is 2.82 bits per heavy atom. The topological polar surface area (TPSA) is 96.8 Å². The van der Waals surface area contributed by atoms with Gasteiger partial charge in [-0.15, -0.1) is 12.6 Å². The van der Waals surface area contributed by atoms with Crippen molar-refractivity contribution in [3.63, 3.8) is 0 Å². The summed E-state index contributed by atoms with van der Waals surface area (Å²) in [5.41, 5.74) is 2.71. The second-order valence-electron chi connectivity index (χ2n) is 6.15. The number of imidazole rings is 1. The van der Waals surface area contributed by atoms with Gasteiger partial charge in [0.25, 0.3) is 0 Å². The second-order valence-corrected chi connectivity index (χ2v) is 6.73. The zero-order valence-electron chi connectivity index (χ0n) is 15.0. The minimum Gasteiger partial charge on any atom is -0.365 e. The highest BCUT2D eigenvalue weighted by Crippen LogP contribution is 2.21. The van der Waals surface area contributed by atoms with Gasteiger partial charge in [0.2, 0.25) is 11.8 Å². The molecule has 9 nitrogen and oxygen atoms in total. The van der Waals surface area contributed by atoms with Crippen molar-refractivity contribution in [3.05, 3.63) is 49.1 Å². The fourth-order valence-electron chi connectivity index (χ4n) is 2.97. The van der Waals surface area contributed by atoms with Crippen molar-refractivity contribution in [2.24, 2.45) is 0 Å². The monoisotopic (exact) mass is 403 g/mol. The Morgan fingerprint density at radius 2 is 2.18 bits per heavy atom. The number of rotatable bonds is 7. The van der Waals surface area contributed by atoms with Crippen molar-refractivity contribution < 1.29 is 19.1 Å². The summed E-state index contributed by atoms with van der Waals surface area (Å²) in [6.45, 7) is 1.25. The van der Waals surface area contributed by atoms with Crippen molar-refractivity contribution in [3.8, 4) is 0 Å². The number of thiol groups is 1. The molecule has 0 radical (unpaired) electrons. The fourth-order valence-corrected chi connectivity index (χ4v) is 3.28. The maximum Gasteiger partial charge on any atom is 0.248 e. The number of amides is 2. The predicted octanol–water partition coefficient (Wildman–Crippen LogP) is 0.490. The summed E-state index contributed by atoms with van der Waals surface area (Å²) in [5.74, 6) is -1.01. The number of ether oxygens (including phenoxy) is 1. The Balaban J connectivity index is 1.80. The molecule has 2 atom stereocenters. The van der Waals surface area contributed by atoms with Crippen molar-refractivity contribution in [2.45, 2.75) is 18.0 Å². The second kappa shape index (κ2) is 9.49. The van der Waals surface area contributed by atoms with Crippen LogP contribution in [0.4, 0.5) is 5.69 Å². The van der Waals surface area contributed by atoms with E-state index in [9.17, 15) is 14.4 Å². The molecule has 1 aromatic heterocycles. The predicted molar refractivity (Wildman–Crippen MR) is 105 cm³/mol. The molecule has 148 valence electrons. The lowest BCUT2D eigenvalue weighted by molar-refractivity contribution is -0.129. The van der Waals surface area contributed by atoms with Crippen LogP contribution >= 0.6 is 12.6 Å². The van der Waals surface area contributed by atoms with E-state index in [0.29, 0.717) is 31.7 Å². The van der Waals surface area contributed by atoms with E-state index in [0.717, 1.165) is 0 Å². The summed E-state index contributed by atoms with van der Waals surface area (Å²) >= 11 is 4.31. The van der Waals surface area contributed by atoms with Crippen molar-refractivity contribution in [1.29, 1.82) is 0 Å². The molecule has 1 aliphatic rings. The van der Waals surface area contributed by atoms with Crippen LogP contribution in [0.1, 0.15) is 6.42 Å². The van der Waals surface area contributed by atoms with E-state index in [-0.39, 0.29) is 5.44 Å². The molecule has 10 heteroatoms. The number of anilines is 1. The zero-order valence-corrected chi connectivity index (χ0v) is 15.9. The van der Waals surface area contributed by atoms with Gasteiger partial charge in [0, 0.05) is 31.2 Å². The molecule has 2 aromatic rings. The summed E-state index contributed by atoms with van der Waals surface area (Å²) in [6.07, 6.45) is 3.87. The highest BCUT2D eigenvalue weighted by Gasteiger charge is 2.33. The third kappa shape index (κ3) is 4.97. The highest BCUT2D eigenvalue weighted by atomic mass is 32.1. The summed E-state index contributed by atoms with van der Waals surface area (Å²) in [5, 5.41) is 0. The van der Waals surface area contributed by atoms with Crippen LogP contribution < -0.4 is 10.3 Å². The summed E-state index contributed by atoms with van der Waals surface area (Å²) in [7, 11) is 0. The number of carbonyl (C=O) groups is 3. The number of nitrogens with zero attached hydrogens (tertiary/aromatic N) is 4. The summed E-state index contributed by atoms with van der Waals surface area (Å²) in [4.78, 5) is 44.2. The number of aromatic nitrogens is 2. The molecule has 0 bridgehead atoms. The van der Waals surface area contributed by atoms with Gasteiger partial charge >= 0.3 is 0 Å². The number of para-hydroxylation sites is 1. The van der Waals surface area contributed by atoms with Crippen LogP contribution in [-0.4, -0.2) is 64.0 Å². The van der Waals surface area contributed by atoms with Gasteiger partial charge in [-0.3, -0.25) is 29.6 Å². The van der Waals surface area contributed by atoms with E-state index >= 15 is 0 Å². The average Bonchev–Trinajstić information content (AvgIpc) is 3.19. The van der Waals surface area contributed by atoms with Crippen molar-refractivity contribution >= 4 is 36.4 Å². The Morgan fingerprint density at radius 1 is 1.39 bits per heavy atom. The zero-order chi connectivity index (χ0) is 19.9. The number of morpholine rings is 1. The van der Waals surface area contributed by atoms with Crippen LogP contribution in [0, 0.1) is 0 Å². The Labute approximate surface area is 167 Å². The molecule has 2 amide bonds. The molecule has 2 unspecified atom stereocenters. The molecular weight excluding hydrogens is 382 g/mol. The van der Waals surface area contributed by atoms with E-state index in [1.54, 1.807) is 30.5 Å². The molecule has 0 aliphatic carbocycles. The third-order valence-corrected chi connectivity index (χ3v) is 4.53. The normalized spacial score (nSPS) is 18.2. The van der Waals surface area contributed by atoms with Gasteiger partial charge in [-0.2, -0.15) is 0 Å². The minimum atomic E-state index is -0.866. The van der Waals surface area contributed by atoms with Gasteiger partial charge < -0.3 is 4.74 Å². The van der Waals surface area contributed by atoms with Crippen LogP contribution in [-0.2, 0) is 19.1 Å². The Hall–Kier alpha value is -2.69. The minimum absolute atomic E-state index is 0.353. The smallest absolute Gasteiger partial charge is 0.248 e. The lowest BCUT2D eigenvalue weighted by atomic mass is 10.2. The summed E-state index contributed by atoms with van der Waals surface area (Å²) in [6, 6.07) is 8.79. The van der Waals surface area contributed by atoms with Gasteiger partial charge in [0.15, 0.2) is 6.29 Å². The fraction of sp³-hybridized carbons (Fsp3) is 0.333. The third-order valence-electron chi connectivity index (χ3n) is 4.21. The number of benzene rings is 1. The Kier molecular flexibility index (Phi) is 6.80. The van der Waals surface area contributed by atoms with Gasteiger partial charge in [-0.1, -0.05) is 18.2 Å². The molecule has 28 heavy (non-hydrogen) atoms. The first-order valence-corrected chi connectivity index (χ1v) is 9.24. The maximum absolute atomic E-state index is 13.0. The van der Waals surface area contributed by atoms with Gasteiger partial charge in [-0.25, -0.2) is 9.66 Å². The standard InChI is InChI=1S/C18H21N5O4S/c24-12-16(21-8-9-27-18(28)11-21)23(14-4-2-1-3-5-14)17(26)10-15(25)20-22-7-6-19-13-22/h1-7,12-13,16,18,28H,8-11H2,(H,20,25). The van der Waals surface area contributed by atoms with E-state index in [4.69, 9.17) is 4.74 Å². The summed E-state index contributed by atoms with van der Waals surface area (Å²) < 4.78 is 6.76. The molecule has 2 heterocycles. The first-order chi connectivity index (χ1) is 13.6. The number of hydrogen-bond acceptors (Lipinski definition) is 7. The SMILES string of the molecule is O=CC(N1CCOC(S)C1)N(C(=O)CC(=O)Nn1ccnc1)c1ccccc1. The van der Waals surface area contributed by atoms with Crippen LogP contribution in [0.2, 0.25) is 0 Å². The average molecular weight is 403 g/mol. The number of carbonyl (C=O) groups excluding carboxylic acids is 3. The van der Waals surface area contributed by atoms with E-state index in [1.807, 2.05) is 11.0 Å². The van der Waals surface area contributed by atoms with Crippen LogP contribution in [0.15, 0.2) is 49.1 Å².